The molecule has 0 saturated carbocycles. The summed E-state index contributed by atoms with van der Waals surface area (Å²) < 4.78 is 4.63. The standard InChI is InChI=1S/C23H24N2O4/c1-17-13-14-23(15-18-9-5-3-6-10-18,22(28)24-16-20(26)29-2)25(17)21(27)19-11-7-4-8-12-19/h3-14,17H,15-16H2,1-2H3,(H,24,28)/t17-,23+/m1/s1. The van der Waals surface area contributed by atoms with Crippen LogP contribution in [0.5, 0.6) is 0 Å². The molecule has 0 radical (unpaired) electrons. The van der Waals surface area contributed by atoms with Crippen molar-refractivity contribution in [3.8, 4) is 0 Å². The van der Waals surface area contributed by atoms with Crippen LogP contribution in [0.1, 0.15) is 22.8 Å². The highest BCUT2D eigenvalue weighted by atomic mass is 16.5. The van der Waals surface area contributed by atoms with Gasteiger partial charge in [-0.1, -0.05) is 60.7 Å². The summed E-state index contributed by atoms with van der Waals surface area (Å²) in [4.78, 5) is 39.8. The van der Waals surface area contributed by atoms with Crippen molar-refractivity contribution in [3.63, 3.8) is 0 Å². The number of carbonyl (C=O) groups excluding carboxylic acids is 3. The van der Waals surface area contributed by atoms with Gasteiger partial charge in [-0.2, -0.15) is 0 Å². The van der Waals surface area contributed by atoms with Crippen LogP contribution in [-0.4, -0.2) is 47.9 Å². The Morgan fingerprint density at radius 2 is 1.66 bits per heavy atom. The number of hydrogen-bond acceptors (Lipinski definition) is 4. The number of ether oxygens (including phenoxy) is 1. The minimum absolute atomic E-state index is 0.243. The first-order valence-corrected chi connectivity index (χ1v) is 9.45. The Kier molecular flexibility index (Phi) is 6.12. The Hall–Kier alpha value is -3.41. The molecule has 2 aromatic carbocycles. The van der Waals surface area contributed by atoms with Gasteiger partial charge in [-0.05, 0) is 24.6 Å². The lowest BCUT2D eigenvalue weighted by Crippen LogP contribution is -2.61. The van der Waals surface area contributed by atoms with E-state index in [2.05, 4.69) is 10.1 Å². The molecule has 0 unspecified atom stereocenters. The number of esters is 1. The SMILES string of the molecule is COC(=O)CNC(=O)[C@@]1(Cc2ccccc2)C=C[C@@H](C)N1C(=O)c1ccccc1. The second-order valence-electron chi connectivity index (χ2n) is 6.99. The average Bonchev–Trinajstić information content (AvgIpc) is 3.09. The molecule has 0 saturated heterocycles. The first kappa shape index (κ1) is 20.3. The van der Waals surface area contributed by atoms with Gasteiger partial charge < -0.3 is 15.0 Å². The van der Waals surface area contributed by atoms with Crippen LogP contribution in [0.4, 0.5) is 0 Å². The molecule has 0 spiro atoms. The quantitative estimate of drug-likeness (QED) is 0.605. The highest BCUT2D eigenvalue weighted by Crippen LogP contribution is 2.33. The molecule has 6 heteroatoms. The van der Waals surface area contributed by atoms with E-state index in [-0.39, 0.29) is 18.5 Å². The number of amides is 2. The van der Waals surface area contributed by atoms with Gasteiger partial charge in [0.05, 0.1) is 7.11 Å². The van der Waals surface area contributed by atoms with Gasteiger partial charge in [0.15, 0.2) is 0 Å². The number of nitrogens with zero attached hydrogens (tertiary/aromatic N) is 1. The van der Waals surface area contributed by atoms with Crippen molar-refractivity contribution in [3.05, 3.63) is 83.9 Å². The largest absolute Gasteiger partial charge is 0.468 e. The molecule has 3 rings (SSSR count). The Bertz CT molecular complexity index is 911. The van der Waals surface area contributed by atoms with E-state index in [9.17, 15) is 14.4 Å². The maximum Gasteiger partial charge on any atom is 0.325 e. The van der Waals surface area contributed by atoms with Crippen molar-refractivity contribution < 1.29 is 19.1 Å². The first-order valence-electron chi connectivity index (χ1n) is 9.45. The summed E-state index contributed by atoms with van der Waals surface area (Å²) in [6.07, 6.45) is 3.90. The van der Waals surface area contributed by atoms with E-state index in [4.69, 9.17) is 0 Å². The van der Waals surface area contributed by atoms with Crippen molar-refractivity contribution in [1.29, 1.82) is 0 Å². The van der Waals surface area contributed by atoms with E-state index in [0.29, 0.717) is 12.0 Å². The zero-order valence-electron chi connectivity index (χ0n) is 16.5. The maximum atomic E-state index is 13.4. The topological polar surface area (TPSA) is 75.7 Å². The predicted octanol–water partition coefficient (Wildman–Crippen LogP) is 2.36. The lowest BCUT2D eigenvalue weighted by atomic mass is 9.88. The monoisotopic (exact) mass is 392 g/mol. The number of rotatable bonds is 6. The first-order chi connectivity index (χ1) is 14.0. The highest BCUT2D eigenvalue weighted by Gasteiger charge is 2.49. The van der Waals surface area contributed by atoms with Crippen LogP contribution in [0.15, 0.2) is 72.8 Å². The summed E-state index contributed by atoms with van der Waals surface area (Å²) in [6.45, 7) is 1.61. The Labute approximate surface area is 170 Å². The number of hydrogen-bond donors (Lipinski definition) is 1. The van der Waals surface area contributed by atoms with Crippen molar-refractivity contribution >= 4 is 17.8 Å². The molecule has 1 N–H and O–H groups in total. The van der Waals surface area contributed by atoms with Gasteiger partial charge in [-0.3, -0.25) is 14.4 Å². The number of benzene rings is 2. The molecule has 0 bridgehead atoms. The lowest BCUT2D eigenvalue weighted by Gasteiger charge is -2.39. The molecule has 0 aliphatic carbocycles. The van der Waals surface area contributed by atoms with Crippen molar-refractivity contribution in [1.82, 2.24) is 10.2 Å². The van der Waals surface area contributed by atoms with E-state index in [1.807, 2.05) is 49.4 Å². The average molecular weight is 392 g/mol. The van der Waals surface area contributed by atoms with Crippen LogP contribution in [0.2, 0.25) is 0 Å². The fraction of sp³-hybridized carbons (Fsp3) is 0.261. The van der Waals surface area contributed by atoms with Crippen molar-refractivity contribution in [2.24, 2.45) is 0 Å². The van der Waals surface area contributed by atoms with Crippen molar-refractivity contribution in [2.45, 2.75) is 24.9 Å². The van der Waals surface area contributed by atoms with Crippen LogP contribution in [0.25, 0.3) is 0 Å². The lowest BCUT2D eigenvalue weighted by molar-refractivity contribution is -0.142. The van der Waals surface area contributed by atoms with Gasteiger partial charge in [-0.15, -0.1) is 0 Å². The van der Waals surface area contributed by atoms with E-state index < -0.39 is 17.4 Å². The molecule has 2 aromatic rings. The van der Waals surface area contributed by atoms with Gasteiger partial charge in [0.2, 0.25) is 0 Å². The van der Waals surface area contributed by atoms with Crippen molar-refractivity contribution in [2.75, 3.05) is 13.7 Å². The fourth-order valence-electron chi connectivity index (χ4n) is 3.61. The second-order valence-corrected chi connectivity index (χ2v) is 6.99. The van der Waals surface area contributed by atoms with E-state index in [1.165, 1.54) is 7.11 Å². The molecule has 150 valence electrons. The minimum atomic E-state index is -1.25. The summed E-state index contributed by atoms with van der Waals surface area (Å²) in [5, 5.41) is 2.63. The summed E-state index contributed by atoms with van der Waals surface area (Å²) in [7, 11) is 1.26. The molecular weight excluding hydrogens is 368 g/mol. The number of carbonyl (C=O) groups is 3. The van der Waals surface area contributed by atoms with Gasteiger partial charge in [0.1, 0.15) is 12.1 Å². The third-order valence-corrected chi connectivity index (χ3v) is 5.06. The zero-order valence-corrected chi connectivity index (χ0v) is 16.5. The van der Waals surface area contributed by atoms with Crippen LogP contribution < -0.4 is 5.32 Å². The number of nitrogens with one attached hydrogen (secondary N) is 1. The molecule has 29 heavy (non-hydrogen) atoms. The molecule has 2 atom stereocenters. The molecule has 0 aromatic heterocycles. The summed E-state index contributed by atoms with van der Waals surface area (Å²) >= 11 is 0. The van der Waals surface area contributed by atoms with Gasteiger partial charge >= 0.3 is 5.97 Å². The molecule has 0 fully saturated rings. The molecule has 1 aliphatic heterocycles. The van der Waals surface area contributed by atoms with Gasteiger partial charge in [-0.25, -0.2) is 0 Å². The minimum Gasteiger partial charge on any atom is -0.468 e. The van der Waals surface area contributed by atoms with Gasteiger partial charge in [0.25, 0.3) is 11.8 Å². The Morgan fingerprint density at radius 3 is 2.28 bits per heavy atom. The zero-order chi connectivity index (χ0) is 20.9. The summed E-state index contributed by atoms with van der Waals surface area (Å²) in [5.74, 6) is -1.21. The molecule has 2 amide bonds. The van der Waals surface area contributed by atoms with E-state index in [0.717, 1.165) is 5.56 Å². The van der Waals surface area contributed by atoms with E-state index in [1.54, 1.807) is 35.2 Å². The normalized spacial score (nSPS) is 20.3. The Balaban J connectivity index is 2.00. The molecule has 1 aliphatic rings. The second kappa shape index (κ2) is 8.73. The third-order valence-electron chi connectivity index (χ3n) is 5.06. The molecule has 6 nitrogen and oxygen atoms in total. The third kappa shape index (κ3) is 4.21. The fourth-order valence-corrected chi connectivity index (χ4v) is 3.61. The highest BCUT2D eigenvalue weighted by molar-refractivity contribution is 6.02. The van der Waals surface area contributed by atoms with Crippen LogP contribution in [0, 0.1) is 0 Å². The molecule has 1 heterocycles. The van der Waals surface area contributed by atoms with E-state index >= 15 is 0 Å². The Morgan fingerprint density at radius 1 is 1.03 bits per heavy atom. The summed E-state index contributed by atoms with van der Waals surface area (Å²) in [5.41, 5.74) is 0.161. The predicted molar refractivity (Wildman–Crippen MR) is 109 cm³/mol. The van der Waals surface area contributed by atoms with Crippen LogP contribution in [0.3, 0.4) is 0 Å². The smallest absolute Gasteiger partial charge is 0.325 e. The van der Waals surface area contributed by atoms with Crippen LogP contribution in [-0.2, 0) is 20.7 Å². The van der Waals surface area contributed by atoms with Crippen LogP contribution >= 0.6 is 0 Å². The van der Waals surface area contributed by atoms with Gasteiger partial charge in [0, 0.05) is 18.0 Å². The maximum absolute atomic E-state index is 13.4. The summed E-state index contributed by atoms with van der Waals surface area (Å²) in [6, 6.07) is 18.1. The number of methoxy groups -OCH3 is 1. The molecular formula is C23H24N2O4.